The molecule has 2 N–H and O–H groups in total. The number of nitro groups is 1. The van der Waals surface area contributed by atoms with Crippen molar-refractivity contribution in [3.05, 3.63) is 80.3 Å². The van der Waals surface area contributed by atoms with Crippen molar-refractivity contribution < 1.29 is 9.31 Å². The maximum Gasteiger partial charge on any atom is 0.353 e. The van der Waals surface area contributed by atoms with E-state index in [4.69, 9.17) is 23.2 Å². The number of hydrogen-bond acceptors (Lipinski definition) is 6. The molecule has 1 heterocycles. The lowest BCUT2D eigenvalue weighted by molar-refractivity contribution is -0.383. The highest BCUT2D eigenvalue weighted by Crippen LogP contribution is 2.33. The van der Waals surface area contributed by atoms with Crippen molar-refractivity contribution in [2.75, 3.05) is 10.6 Å². The molecule has 2 aromatic carbocycles. The minimum Gasteiger partial charge on any atom is -0.360 e. The first kappa shape index (κ1) is 18.8. The number of hydrogen-bond donors (Lipinski definition) is 2. The topological polar surface area (TPSA) is 93.0 Å². The van der Waals surface area contributed by atoms with Gasteiger partial charge in [-0.15, -0.1) is 0 Å². The third-order valence-corrected chi connectivity index (χ3v) is 4.30. The van der Waals surface area contributed by atoms with Crippen LogP contribution in [0.4, 0.5) is 27.4 Å². The predicted octanol–water partition coefficient (Wildman–Crippen LogP) is 5.19. The Bertz CT molecular complexity index is 986. The van der Waals surface area contributed by atoms with Gasteiger partial charge in [0.1, 0.15) is 12.1 Å². The molecular weight excluding hydrogens is 396 g/mol. The van der Waals surface area contributed by atoms with Gasteiger partial charge in [-0.05, 0) is 35.9 Å². The summed E-state index contributed by atoms with van der Waals surface area (Å²) in [5.74, 6) is -0.336. The highest BCUT2D eigenvalue weighted by Gasteiger charge is 2.23. The molecule has 1 aromatic heterocycles. The Balaban J connectivity index is 1.86. The summed E-state index contributed by atoms with van der Waals surface area (Å²) in [6.07, 6.45) is 1.19. The number of rotatable bonds is 6. The minimum absolute atomic E-state index is 0.00463. The van der Waals surface area contributed by atoms with Crippen LogP contribution < -0.4 is 10.6 Å². The monoisotopic (exact) mass is 407 g/mol. The van der Waals surface area contributed by atoms with Crippen LogP contribution in [0.25, 0.3) is 0 Å². The number of halogens is 3. The number of anilines is 3. The van der Waals surface area contributed by atoms with E-state index in [0.717, 1.165) is 5.56 Å². The number of nitrogens with zero attached hydrogens (tertiary/aromatic N) is 3. The summed E-state index contributed by atoms with van der Waals surface area (Å²) in [7, 11) is 0. The van der Waals surface area contributed by atoms with Crippen LogP contribution in [-0.2, 0) is 6.54 Å². The van der Waals surface area contributed by atoms with Crippen LogP contribution in [0, 0.1) is 15.9 Å². The van der Waals surface area contributed by atoms with Crippen LogP contribution in [0.3, 0.4) is 0 Å². The summed E-state index contributed by atoms with van der Waals surface area (Å²) in [6.45, 7) is 0.227. The number of nitrogens with one attached hydrogen (secondary N) is 2. The van der Waals surface area contributed by atoms with Crippen LogP contribution in [0.2, 0.25) is 10.0 Å². The van der Waals surface area contributed by atoms with Crippen molar-refractivity contribution in [1.82, 2.24) is 9.97 Å². The summed E-state index contributed by atoms with van der Waals surface area (Å²) in [5, 5.41) is 17.9. The van der Waals surface area contributed by atoms with Crippen LogP contribution >= 0.6 is 23.2 Å². The Kier molecular flexibility index (Phi) is 5.68. The standard InChI is InChI=1S/C17H12Cl2FN5O2/c18-13-6-5-12(7-14(13)19)24-17-15(25(26)27)16(22-9-23-17)21-8-10-1-3-11(20)4-2-10/h1-7,9H,8H2,(H2,21,22,23,24). The summed E-state index contributed by atoms with van der Waals surface area (Å²) in [4.78, 5) is 18.9. The summed E-state index contributed by atoms with van der Waals surface area (Å²) < 4.78 is 13.0. The molecule has 0 spiro atoms. The fourth-order valence-electron chi connectivity index (χ4n) is 2.27. The fraction of sp³-hybridized carbons (Fsp3) is 0.0588. The molecule has 0 amide bonds. The third-order valence-electron chi connectivity index (χ3n) is 3.56. The molecule has 0 saturated carbocycles. The van der Waals surface area contributed by atoms with Gasteiger partial charge in [-0.3, -0.25) is 10.1 Å². The van der Waals surface area contributed by atoms with Crippen molar-refractivity contribution in [2.45, 2.75) is 6.54 Å². The highest BCUT2D eigenvalue weighted by atomic mass is 35.5. The van der Waals surface area contributed by atoms with Gasteiger partial charge < -0.3 is 10.6 Å². The molecule has 0 aliphatic rings. The van der Waals surface area contributed by atoms with Crippen molar-refractivity contribution in [3.8, 4) is 0 Å². The van der Waals surface area contributed by atoms with Gasteiger partial charge in [0, 0.05) is 12.2 Å². The molecular formula is C17H12Cl2FN5O2. The van der Waals surface area contributed by atoms with Gasteiger partial charge in [0.05, 0.1) is 15.0 Å². The lowest BCUT2D eigenvalue weighted by Gasteiger charge is -2.10. The molecule has 0 unspecified atom stereocenters. The van der Waals surface area contributed by atoms with Crippen LogP contribution in [-0.4, -0.2) is 14.9 Å². The van der Waals surface area contributed by atoms with Gasteiger partial charge in [-0.1, -0.05) is 35.3 Å². The first-order valence-electron chi connectivity index (χ1n) is 7.64. The summed E-state index contributed by atoms with van der Waals surface area (Å²) in [6, 6.07) is 10.5. The van der Waals surface area contributed by atoms with Gasteiger partial charge in [-0.2, -0.15) is 0 Å². The lowest BCUT2D eigenvalue weighted by Crippen LogP contribution is -2.08. The fourth-order valence-corrected chi connectivity index (χ4v) is 2.57. The average Bonchev–Trinajstić information content (AvgIpc) is 2.64. The normalized spacial score (nSPS) is 10.5. The van der Waals surface area contributed by atoms with E-state index in [1.807, 2.05) is 0 Å². The predicted molar refractivity (Wildman–Crippen MR) is 102 cm³/mol. The maximum atomic E-state index is 13.0. The Morgan fingerprint density at radius 3 is 2.41 bits per heavy atom. The molecule has 7 nitrogen and oxygen atoms in total. The minimum atomic E-state index is -0.590. The van der Waals surface area contributed by atoms with E-state index < -0.39 is 4.92 Å². The van der Waals surface area contributed by atoms with Crippen molar-refractivity contribution in [2.24, 2.45) is 0 Å². The van der Waals surface area contributed by atoms with E-state index in [1.54, 1.807) is 24.3 Å². The Morgan fingerprint density at radius 2 is 1.74 bits per heavy atom. The van der Waals surface area contributed by atoms with E-state index >= 15 is 0 Å². The van der Waals surface area contributed by atoms with Crippen LogP contribution in [0.1, 0.15) is 5.56 Å². The largest absolute Gasteiger partial charge is 0.360 e. The van der Waals surface area contributed by atoms with E-state index in [0.29, 0.717) is 15.7 Å². The molecule has 0 bridgehead atoms. The number of aromatic nitrogens is 2. The Hall–Kier alpha value is -2.97. The smallest absolute Gasteiger partial charge is 0.353 e. The quantitative estimate of drug-likeness (QED) is 0.431. The summed E-state index contributed by atoms with van der Waals surface area (Å²) in [5.41, 5.74) is 0.893. The molecule has 10 heteroatoms. The van der Waals surface area contributed by atoms with Crippen molar-refractivity contribution in [1.29, 1.82) is 0 Å². The Morgan fingerprint density at radius 1 is 1.04 bits per heavy atom. The molecule has 0 saturated heterocycles. The van der Waals surface area contributed by atoms with Crippen LogP contribution in [0.15, 0.2) is 48.8 Å². The summed E-state index contributed by atoms with van der Waals surface area (Å²) >= 11 is 11.8. The third kappa shape index (κ3) is 4.60. The van der Waals surface area contributed by atoms with Gasteiger partial charge in [0.2, 0.25) is 11.6 Å². The van der Waals surface area contributed by atoms with Crippen LogP contribution in [0.5, 0.6) is 0 Å². The zero-order valence-electron chi connectivity index (χ0n) is 13.6. The van der Waals surface area contributed by atoms with Gasteiger partial charge in [0.15, 0.2) is 0 Å². The maximum absolute atomic E-state index is 13.0. The molecule has 0 atom stereocenters. The average molecular weight is 408 g/mol. The molecule has 0 aliphatic carbocycles. The van der Waals surface area contributed by atoms with E-state index in [2.05, 4.69) is 20.6 Å². The molecule has 138 valence electrons. The molecule has 0 fully saturated rings. The van der Waals surface area contributed by atoms with E-state index in [1.165, 1.54) is 24.5 Å². The van der Waals surface area contributed by atoms with E-state index in [-0.39, 0.29) is 29.7 Å². The second-order valence-electron chi connectivity index (χ2n) is 5.41. The van der Waals surface area contributed by atoms with Crippen molar-refractivity contribution >= 4 is 46.2 Å². The second kappa shape index (κ2) is 8.15. The molecule has 3 aromatic rings. The highest BCUT2D eigenvalue weighted by molar-refractivity contribution is 6.42. The lowest BCUT2D eigenvalue weighted by atomic mass is 10.2. The SMILES string of the molecule is O=[N+]([O-])c1c(NCc2ccc(F)cc2)ncnc1Nc1ccc(Cl)c(Cl)c1. The second-order valence-corrected chi connectivity index (χ2v) is 6.22. The Labute approximate surface area is 163 Å². The first-order valence-corrected chi connectivity index (χ1v) is 8.39. The van der Waals surface area contributed by atoms with E-state index in [9.17, 15) is 14.5 Å². The molecule has 3 rings (SSSR count). The molecule has 27 heavy (non-hydrogen) atoms. The van der Waals surface area contributed by atoms with Gasteiger partial charge in [-0.25, -0.2) is 14.4 Å². The first-order chi connectivity index (χ1) is 12.9. The molecule has 0 radical (unpaired) electrons. The number of benzene rings is 2. The van der Waals surface area contributed by atoms with Crippen molar-refractivity contribution in [3.63, 3.8) is 0 Å². The molecule has 0 aliphatic heterocycles. The van der Waals surface area contributed by atoms with Gasteiger partial charge in [0.25, 0.3) is 0 Å². The zero-order valence-corrected chi connectivity index (χ0v) is 15.1. The van der Waals surface area contributed by atoms with Gasteiger partial charge >= 0.3 is 5.69 Å². The zero-order chi connectivity index (χ0) is 19.4.